The number of benzene rings is 2. The molecule has 0 N–H and O–H groups in total. The molecule has 2 aromatic rings. The zero-order valence-electron chi connectivity index (χ0n) is 10.2. The minimum absolute atomic E-state index is 0.107. The number of hydrogen-bond donors (Lipinski definition) is 0. The van der Waals surface area contributed by atoms with Crippen molar-refractivity contribution in [3.63, 3.8) is 0 Å². The van der Waals surface area contributed by atoms with Crippen LogP contribution in [0.15, 0.2) is 42.5 Å². The van der Waals surface area contributed by atoms with Crippen molar-refractivity contribution in [2.24, 2.45) is 0 Å². The van der Waals surface area contributed by atoms with Crippen molar-refractivity contribution in [3.05, 3.63) is 58.6 Å². The highest BCUT2D eigenvalue weighted by atomic mass is 35.5. The quantitative estimate of drug-likeness (QED) is 0.757. The standard InChI is InChI=1S/C15H9ClF3N/c16-14-3-1-2-12(13(14)8-9-20)10-4-6-11(7-5-10)15(17,18)19/h1-7H,8H2. The van der Waals surface area contributed by atoms with Crippen molar-refractivity contribution < 1.29 is 13.2 Å². The molecule has 0 heterocycles. The molecule has 0 bridgehead atoms. The molecule has 0 fully saturated rings. The van der Waals surface area contributed by atoms with Crippen LogP contribution in [0.4, 0.5) is 13.2 Å². The molecule has 1 nitrogen and oxygen atoms in total. The van der Waals surface area contributed by atoms with Gasteiger partial charge >= 0.3 is 6.18 Å². The van der Waals surface area contributed by atoms with E-state index in [1.165, 1.54) is 12.1 Å². The molecule has 0 radical (unpaired) electrons. The third-order valence-corrected chi connectivity index (χ3v) is 3.25. The molecule has 0 saturated heterocycles. The molecular formula is C15H9ClF3N. The van der Waals surface area contributed by atoms with Crippen molar-refractivity contribution in [3.8, 4) is 17.2 Å². The van der Waals surface area contributed by atoms with Crippen LogP contribution in [0.2, 0.25) is 5.02 Å². The van der Waals surface area contributed by atoms with E-state index in [4.69, 9.17) is 16.9 Å². The molecule has 20 heavy (non-hydrogen) atoms. The van der Waals surface area contributed by atoms with Crippen LogP contribution in [-0.4, -0.2) is 0 Å². The van der Waals surface area contributed by atoms with Crippen molar-refractivity contribution in [1.82, 2.24) is 0 Å². The lowest BCUT2D eigenvalue weighted by molar-refractivity contribution is -0.137. The molecular weight excluding hydrogens is 287 g/mol. The largest absolute Gasteiger partial charge is 0.416 e. The predicted octanol–water partition coefficient (Wildman–Crippen LogP) is 5.09. The molecule has 0 aliphatic rings. The summed E-state index contributed by atoms with van der Waals surface area (Å²) in [6.45, 7) is 0. The van der Waals surface area contributed by atoms with Crippen molar-refractivity contribution in [2.75, 3.05) is 0 Å². The molecule has 0 unspecified atom stereocenters. The van der Waals surface area contributed by atoms with Crippen LogP contribution in [0.25, 0.3) is 11.1 Å². The normalized spacial score (nSPS) is 11.2. The van der Waals surface area contributed by atoms with Gasteiger partial charge in [-0.1, -0.05) is 35.9 Å². The minimum Gasteiger partial charge on any atom is -0.198 e. The topological polar surface area (TPSA) is 23.8 Å². The van der Waals surface area contributed by atoms with E-state index in [0.717, 1.165) is 12.1 Å². The van der Waals surface area contributed by atoms with Crippen molar-refractivity contribution in [2.45, 2.75) is 12.6 Å². The van der Waals surface area contributed by atoms with Gasteiger partial charge in [0.15, 0.2) is 0 Å². The Balaban J connectivity index is 2.48. The summed E-state index contributed by atoms with van der Waals surface area (Å²) in [5, 5.41) is 9.24. The van der Waals surface area contributed by atoms with Crippen LogP contribution in [0.1, 0.15) is 11.1 Å². The fourth-order valence-electron chi connectivity index (χ4n) is 1.93. The van der Waals surface area contributed by atoms with Gasteiger partial charge in [0, 0.05) is 5.02 Å². The third-order valence-electron chi connectivity index (χ3n) is 2.90. The van der Waals surface area contributed by atoms with Gasteiger partial charge in [0.25, 0.3) is 0 Å². The number of halogens is 4. The first-order valence-corrected chi connectivity index (χ1v) is 6.13. The Morgan fingerprint density at radius 1 is 1.05 bits per heavy atom. The summed E-state index contributed by atoms with van der Waals surface area (Å²) in [4.78, 5) is 0. The highest BCUT2D eigenvalue weighted by Gasteiger charge is 2.30. The van der Waals surface area contributed by atoms with Crippen LogP contribution in [-0.2, 0) is 12.6 Å². The maximum absolute atomic E-state index is 12.5. The Kier molecular flexibility index (Phi) is 4.01. The Morgan fingerprint density at radius 3 is 2.25 bits per heavy atom. The lowest BCUT2D eigenvalue weighted by atomic mass is 9.97. The van der Waals surface area contributed by atoms with Crippen molar-refractivity contribution >= 4 is 11.6 Å². The van der Waals surface area contributed by atoms with Crippen LogP contribution in [0.5, 0.6) is 0 Å². The molecule has 0 aromatic heterocycles. The number of nitriles is 1. The first-order valence-electron chi connectivity index (χ1n) is 5.75. The summed E-state index contributed by atoms with van der Waals surface area (Å²) < 4.78 is 37.6. The molecule has 0 aliphatic carbocycles. The molecule has 0 atom stereocenters. The number of nitrogens with zero attached hydrogens (tertiary/aromatic N) is 1. The van der Waals surface area contributed by atoms with Gasteiger partial charge < -0.3 is 0 Å². The van der Waals surface area contributed by atoms with Gasteiger partial charge in [-0.15, -0.1) is 0 Å². The minimum atomic E-state index is -4.36. The van der Waals surface area contributed by atoms with Crippen LogP contribution in [0, 0.1) is 11.3 Å². The molecule has 0 spiro atoms. The molecule has 0 aliphatic heterocycles. The van der Waals surface area contributed by atoms with Crippen LogP contribution < -0.4 is 0 Å². The molecule has 2 aromatic carbocycles. The average Bonchev–Trinajstić information content (AvgIpc) is 2.40. The lowest BCUT2D eigenvalue weighted by Crippen LogP contribution is -2.04. The second kappa shape index (κ2) is 5.56. The molecule has 2 rings (SSSR count). The number of hydrogen-bond acceptors (Lipinski definition) is 1. The van der Waals surface area contributed by atoms with E-state index in [9.17, 15) is 13.2 Å². The van der Waals surface area contributed by atoms with Gasteiger partial charge in [-0.3, -0.25) is 0 Å². The van der Waals surface area contributed by atoms with Crippen molar-refractivity contribution in [1.29, 1.82) is 5.26 Å². The number of alkyl halides is 3. The molecule has 5 heteroatoms. The zero-order valence-corrected chi connectivity index (χ0v) is 11.0. The highest BCUT2D eigenvalue weighted by Crippen LogP contribution is 2.33. The maximum Gasteiger partial charge on any atom is 0.416 e. The Bertz CT molecular complexity index is 654. The van der Waals surface area contributed by atoms with Gasteiger partial charge in [0.05, 0.1) is 18.1 Å². The predicted molar refractivity (Wildman–Crippen MR) is 71.2 cm³/mol. The van der Waals surface area contributed by atoms with E-state index < -0.39 is 11.7 Å². The fraction of sp³-hybridized carbons (Fsp3) is 0.133. The number of rotatable bonds is 2. The molecule has 0 amide bonds. The summed E-state index contributed by atoms with van der Waals surface area (Å²) in [7, 11) is 0. The smallest absolute Gasteiger partial charge is 0.198 e. The zero-order chi connectivity index (χ0) is 14.8. The summed E-state index contributed by atoms with van der Waals surface area (Å²) in [5.41, 5.74) is 1.19. The summed E-state index contributed by atoms with van der Waals surface area (Å²) in [6, 6.07) is 11.9. The summed E-state index contributed by atoms with van der Waals surface area (Å²) in [6.07, 6.45) is -4.25. The second-order valence-corrected chi connectivity index (χ2v) is 4.58. The van der Waals surface area contributed by atoms with Gasteiger partial charge in [0.1, 0.15) is 0 Å². The van der Waals surface area contributed by atoms with Gasteiger partial charge in [-0.2, -0.15) is 18.4 Å². The van der Waals surface area contributed by atoms with E-state index in [-0.39, 0.29) is 6.42 Å². The van der Waals surface area contributed by atoms with Gasteiger partial charge in [-0.05, 0) is 34.9 Å². The van der Waals surface area contributed by atoms with Gasteiger partial charge in [-0.25, -0.2) is 0 Å². The van der Waals surface area contributed by atoms with E-state index in [1.807, 2.05) is 6.07 Å². The Labute approximate surface area is 119 Å². The van der Waals surface area contributed by atoms with E-state index in [2.05, 4.69) is 0 Å². The monoisotopic (exact) mass is 295 g/mol. The average molecular weight is 296 g/mol. The van der Waals surface area contributed by atoms with E-state index in [0.29, 0.717) is 21.7 Å². The first kappa shape index (κ1) is 14.4. The van der Waals surface area contributed by atoms with E-state index in [1.54, 1.807) is 18.2 Å². The Hall–Kier alpha value is -1.99. The lowest BCUT2D eigenvalue weighted by Gasteiger charge is -2.11. The first-order chi connectivity index (χ1) is 9.43. The Morgan fingerprint density at radius 2 is 1.70 bits per heavy atom. The van der Waals surface area contributed by atoms with E-state index >= 15 is 0 Å². The maximum atomic E-state index is 12.5. The third kappa shape index (κ3) is 2.94. The van der Waals surface area contributed by atoms with Gasteiger partial charge in [0.2, 0.25) is 0 Å². The molecule has 102 valence electrons. The van der Waals surface area contributed by atoms with Crippen LogP contribution >= 0.6 is 11.6 Å². The SMILES string of the molecule is N#CCc1c(Cl)cccc1-c1ccc(C(F)(F)F)cc1. The highest BCUT2D eigenvalue weighted by molar-refractivity contribution is 6.31. The second-order valence-electron chi connectivity index (χ2n) is 4.18. The molecule has 0 saturated carbocycles. The fourth-order valence-corrected chi connectivity index (χ4v) is 2.17. The van der Waals surface area contributed by atoms with Crippen LogP contribution in [0.3, 0.4) is 0 Å². The summed E-state index contributed by atoms with van der Waals surface area (Å²) >= 11 is 6.03. The summed E-state index contributed by atoms with van der Waals surface area (Å²) in [5.74, 6) is 0.